The quantitative estimate of drug-likeness (QED) is 0.797. The van der Waals surface area contributed by atoms with Gasteiger partial charge in [0.1, 0.15) is 0 Å². The molecule has 1 aliphatic carbocycles. The Morgan fingerprint density at radius 2 is 1.94 bits per heavy atom. The molecule has 2 N–H and O–H groups in total. The SMILES string of the molecule is Cc1cc(N)cc(C(=O)N(C)C2CCCC2)c1. The second-order valence-corrected chi connectivity index (χ2v) is 4.99. The van der Waals surface area contributed by atoms with Gasteiger partial charge >= 0.3 is 0 Å². The molecule has 0 bridgehead atoms. The summed E-state index contributed by atoms with van der Waals surface area (Å²) < 4.78 is 0. The fourth-order valence-corrected chi connectivity index (χ4v) is 2.60. The third-order valence-corrected chi connectivity index (χ3v) is 3.54. The average molecular weight is 232 g/mol. The van der Waals surface area contributed by atoms with E-state index in [1.54, 1.807) is 6.07 Å². The van der Waals surface area contributed by atoms with Gasteiger partial charge in [-0.25, -0.2) is 0 Å². The number of hydrogen-bond donors (Lipinski definition) is 1. The molecule has 0 aromatic heterocycles. The molecule has 0 aliphatic heterocycles. The van der Waals surface area contributed by atoms with Crippen molar-refractivity contribution in [3.8, 4) is 0 Å². The Bertz CT molecular complexity index is 402. The number of carbonyl (C=O) groups is 1. The molecule has 1 fully saturated rings. The lowest BCUT2D eigenvalue weighted by atomic mass is 10.1. The Hall–Kier alpha value is -1.51. The number of anilines is 1. The summed E-state index contributed by atoms with van der Waals surface area (Å²) in [5.41, 5.74) is 8.18. The minimum atomic E-state index is 0.0901. The summed E-state index contributed by atoms with van der Waals surface area (Å²) in [5, 5.41) is 0. The molecule has 0 spiro atoms. The van der Waals surface area contributed by atoms with E-state index in [0.717, 1.165) is 18.4 Å². The highest BCUT2D eigenvalue weighted by Crippen LogP contribution is 2.24. The van der Waals surface area contributed by atoms with Crippen molar-refractivity contribution in [2.75, 3.05) is 12.8 Å². The lowest BCUT2D eigenvalue weighted by molar-refractivity contribution is 0.0735. The number of nitrogen functional groups attached to an aromatic ring is 1. The van der Waals surface area contributed by atoms with E-state index in [9.17, 15) is 4.79 Å². The van der Waals surface area contributed by atoms with Gasteiger partial charge in [-0.3, -0.25) is 4.79 Å². The van der Waals surface area contributed by atoms with Gasteiger partial charge in [-0.15, -0.1) is 0 Å². The molecule has 0 atom stereocenters. The summed E-state index contributed by atoms with van der Waals surface area (Å²) in [6.07, 6.45) is 4.73. The predicted octanol–water partition coefficient (Wildman–Crippen LogP) is 2.59. The summed E-state index contributed by atoms with van der Waals surface area (Å²) in [6.45, 7) is 1.96. The highest BCUT2D eigenvalue weighted by atomic mass is 16.2. The Balaban J connectivity index is 2.17. The largest absolute Gasteiger partial charge is 0.399 e. The molecule has 1 aromatic carbocycles. The molecule has 1 aliphatic rings. The van der Waals surface area contributed by atoms with Crippen LogP contribution in [0.25, 0.3) is 0 Å². The van der Waals surface area contributed by atoms with Crippen molar-refractivity contribution in [3.05, 3.63) is 29.3 Å². The average Bonchev–Trinajstić information content (AvgIpc) is 2.79. The number of amides is 1. The summed E-state index contributed by atoms with van der Waals surface area (Å²) in [4.78, 5) is 14.2. The van der Waals surface area contributed by atoms with Crippen molar-refractivity contribution in [3.63, 3.8) is 0 Å². The maximum absolute atomic E-state index is 12.3. The first kappa shape index (κ1) is 12.0. The maximum Gasteiger partial charge on any atom is 0.253 e. The Kier molecular flexibility index (Phi) is 3.36. The van der Waals surface area contributed by atoms with Crippen LogP contribution >= 0.6 is 0 Å². The number of benzene rings is 1. The second kappa shape index (κ2) is 4.78. The number of aryl methyl sites for hydroxylation is 1. The van der Waals surface area contributed by atoms with Crippen molar-refractivity contribution in [2.45, 2.75) is 38.6 Å². The molecule has 3 heteroatoms. The fraction of sp³-hybridized carbons (Fsp3) is 0.500. The third-order valence-electron chi connectivity index (χ3n) is 3.54. The lowest BCUT2D eigenvalue weighted by Gasteiger charge is -2.24. The smallest absolute Gasteiger partial charge is 0.253 e. The summed E-state index contributed by atoms with van der Waals surface area (Å²) >= 11 is 0. The predicted molar refractivity (Wildman–Crippen MR) is 69.9 cm³/mol. The summed E-state index contributed by atoms with van der Waals surface area (Å²) in [7, 11) is 1.90. The van der Waals surface area contributed by atoms with Crippen LogP contribution in [0.2, 0.25) is 0 Å². The Labute approximate surface area is 103 Å². The summed E-state index contributed by atoms with van der Waals surface area (Å²) in [6, 6.07) is 5.96. The van der Waals surface area contributed by atoms with Crippen LogP contribution in [0.15, 0.2) is 18.2 Å². The van der Waals surface area contributed by atoms with E-state index < -0.39 is 0 Å². The monoisotopic (exact) mass is 232 g/mol. The second-order valence-electron chi connectivity index (χ2n) is 4.99. The van der Waals surface area contributed by atoms with Gasteiger partial charge in [0.2, 0.25) is 0 Å². The van der Waals surface area contributed by atoms with Crippen LogP contribution in [-0.4, -0.2) is 23.9 Å². The zero-order valence-electron chi connectivity index (χ0n) is 10.6. The molecule has 1 amide bonds. The lowest BCUT2D eigenvalue weighted by Crippen LogP contribution is -2.35. The molecule has 1 saturated carbocycles. The number of hydrogen-bond acceptors (Lipinski definition) is 2. The van der Waals surface area contributed by atoms with Crippen molar-refractivity contribution < 1.29 is 4.79 Å². The van der Waals surface area contributed by atoms with Gasteiger partial charge < -0.3 is 10.6 Å². The molecule has 0 saturated heterocycles. The first-order valence-electron chi connectivity index (χ1n) is 6.22. The van der Waals surface area contributed by atoms with E-state index >= 15 is 0 Å². The van der Waals surface area contributed by atoms with Crippen LogP contribution in [0.1, 0.15) is 41.6 Å². The van der Waals surface area contributed by atoms with Crippen molar-refractivity contribution >= 4 is 11.6 Å². The van der Waals surface area contributed by atoms with Gasteiger partial charge in [-0.1, -0.05) is 12.8 Å². The van der Waals surface area contributed by atoms with Gasteiger partial charge in [-0.2, -0.15) is 0 Å². The van der Waals surface area contributed by atoms with Gasteiger partial charge in [0.05, 0.1) is 0 Å². The highest BCUT2D eigenvalue weighted by molar-refractivity contribution is 5.95. The van der Waals surface area contributed by atoms with Crippen LogP contribution < -0.4 is 5.73 Å². The molecule has 3 nitrogen and oxygen atoms in total. The van der Waals surface area contributed by atoms with Gasteiger partial charge in [-0.05, 0) is 43.5 Å². The van der Waals surface area contributed by atoms with E-state index in [2.05, 4.69) is 0 Å². The van der Waals surface area contributed by atoms with Gasteiger partial charge in [0.25, 0.3) is 5.91 Å². The maximum atomic E-state index is 12.3. The van der Waals surface area contributed by atoms with E-state index in [1.165, 1.54) is 12.8 Å². The highest BCUT2D eigenvalue weighted by Gasteiger charge is 2.24. The molecule has 17 heavy (non-hydrogen) atoms. The van der Waals surface area contributed by atoms with Crippen LogP contribution in [0.4, 0.5) is 5.69 Å². The first-order valence-corrected chi connectivity index (χ1v) is 6.22. The summed E-state index contributed by atoms with van der Waals surface area (Å²) in [5.74, 6) is 0.0901. The van der Waals surface area contributed by atoms with E-state index in [4.69, 9.17) is 5.73 Å². The molecule has 0 unspecified atom stereocenters. The number of rotatable bonds is 2. The number of nitrogens with two attached hydrogens (primary N) is 1. The zero-order chi connectivity index (χ0) is 12.4. The molecule has 2 rings (SSSR count). The Morgan fingerprint density at radius 1 is 1.29 bits per heavy atom. The van der Waals surface area contributed by atoms with Crippen LogP contribution in [0.5, 0.6) is 0 Å². The Morgan fingerprint density at radius 3 is 2.53 bits per heavy atom. The molecule has 92 valence electrons. The minimum absolute atomic E-state index is 0.0901. The van der Waals surface area contributed by atoms with Crippen molar-refractivity contribution in [1.82, 2.24) is 4.90 Å². The fourth-order valence-electron chi connectivity index (χ4n) is 2.60. The standard InChI is InChI=1S/C14H20N2O/c1-10-7-11(9-12(15)8-10)14(17)16(2)13-5-3-4-6-13/h7-9,13H,3-6,15H2,1-2H3. The molecule has 0 radical (unpaired) electrons. The molecule has 1 aromatic rings. The van der Waals surface area contributed by atoms with Gasteiger partial charge in [0.15, 0.2) is 0 Å². The first-order chi connectivity index (χ1) is 8.08. The molecular formula is C14H20N2O. The minimum Gasteiger partial charge on any atom is -0.399 e. The van der Waals surface area contributed by atoms with E-state index in [0.29, 0.717) is 17.3 Å². The third kappa shape index (κ3) is 2.60. The number of carbonyl (C=O) groups excluding carboxylic acids is 1. The van der Waals surface area contributed by atoms with Crippen molar-refractivity contribution in [1.29, 1.82) is 0 Å². The topological polar surface area (TPSA) is 46.3 Å². The number of nitrogens with zero attached hydrogens (tertiary/aromatic N) is 1. The van der Waals surface area contributed by atoms with Gasteiger partial charge in [0, 0.05) is 24.3 Å². The normalized spacial score (nSPS) is 16.1. The van der Waals surface area contributed by atoms with E-state index in [1.807, 2.05) is 31.0 Å². The zero-order valence-corrected chi connectivity index (χ0v) is 10.6. The van der Waals surface area contributed by atoms with Crippen molar-refractivity contribution in [2.24, 2.45) is 0 Å². The molecule has 0 heterocycles. The van der Waals surface area contributed by atoms with Crippen LogP contribution in [0.3, 0.4) is 0 Å². The van der Waals surface area contributed by atoms with E-state index in [-0.39, 0.29) is 5.91 Å². The molecular weight excluding hydrogens is 212 g/mol. The van der Waals surface area contributed by atoms with Crippen LogP contribution in [0, 0.1) is 6.92 Å². The van der Waals surface area contributed by atoms with Crippen LogP contribution in [-0.2, 0) is 0 Å².